The normalized spacial score (nSPS) is 18.6. The lowest BCUT2D eigenvalue weighted by atomic mass is 9.97. The minimum atomic E-state index is 0.0218. The van der Waals surface area contributed by atoms with E-state index in [1.54, 1.807) is 13.8 Å². The number of ketones is 1. The second kappa shape index (κ2) is 2.21. The molecular formula is C8H9NO. The first kappa shape index (κ1) is 6.93. The summed E-state index contributed by atoms with van der Waals surface area (Å²) in [6.45, 7) is 3.54. The third kappa shape index (κ3) is 0.923. The fraction of sp³-hybridized carbons (Fsp3) is 0.250. The molecule has 0 aromatic rings. The monoisotopic (exact) mass is 135 g/mol. The maximum atomic E-state index is 10.9. The Morgan fingerprint density at radius 3 is 2.30 bits per heavy atom. The zero-order valence-corrected chi connectivity index (χ0v) is 6.06. The topological polar surface area (TPSA) is 40.9 Å². The van der Waals surface area contributed by atoms with Gasteiger partial charge in [0.05, 0.1) is 5.71 Å². The smallest absolute Gasteiger partial charge is 0.181 e. The van der Waals surface area contributed by atoms with Gasteiger partial charge in [0.1, 0.15) is 0 Å². The van der Waals surface area contributed by atoms with Gasteiger partial charge in [-0.25, -0.2) is 0 Å². The zero-order chi connectivity index (χ0) is 7.72. The number of hydrogen-bond acceptors (Lipinski definition) is 2. The van der Waals surface area contributed by atoms with Crippen molar-refractivity contribution in [1.82, 2.24) is 0 Å². The lowest BCUT2D eigenvalue weighted by Crippen LogP contribution is -2.09. The molecule has 0 amide bonds. The van der Waals surface area contributed by atoms with Gasteiger partial charge in [0.15, 0.2) is 5.78 Å². The van der Waals surface area contributed by atoms with Crippen LogP contribution in [0.2, 0.25) is 0 Å². The molecule has 52 valence electrons. The first-order valence-electron chi connectivity index (χ1n) is 3.11. The molecule has 0 saturated heterocycles. The van der Waals surface area contributed by atoms with Crippen LogP contribution in [0.25, 0.3) is 0 Å². The molecule has 1 aliphatic carbocycles. The van der Waals surface area contributed by atoms with Gasteiger partial charge >= 0.3 is 0 Å². The first-order valence-corrected chi connectivity index (χ1v) is 3.11. The SMILES string of the molecule is CC1=C(C)C(=O)C=CC1=N. The van der Waals surface area contributed by atoms with Crippen LogP contribution in [0.15, 0.2) is 23.3 Å². The molecular weight excluding hydrogens is 126 g/mol. The van der Waals surface area contributed by atoms with Crippen molar-refractivity contribution in [2.45, 2.75) is 13.8 Å². The molecule has 0 unspecified atom stereocenters. The highest BCUT2D eigenvalue weighted by atomic mass is 16.1. The highest BCUT2D eigenvalue weighted by Crippen LogP contribution is 2.12. The fourth-order valence-electron chi connectivity index (χ4n) is 0.796. The minimum Gasteiger partial charge on any atom is -0.301 e. The van der Waals surface area contributed by atoms with Gasteiger partial charge in [-0.05, 0) is 31.6 Å². The molecule has 0 bridgehead atoms. The van der Waals surface area contributed by atoms with E-state index in [9.17, 15) is 4.79 Å². The minimum absolute atomic E-state index is 0.0218. The number of hydrogen-bond donors (Lipinski definition) is 1. The molecule has 0 aliphatic heterocycles. The molecule has 1 rings (SSSR count). The molecule has 0 radical (unpaired) electrons. The number of rotatable bonds is 0. The van der Waals surface area contributed by atoms with Gasteiger partial charge in [-0.15, -0.1) is 0 Å². The van der Waals surface area contributed by atoms with Gasteiger partial charge in [-0.1, -0.05) is 0 Å². The van der Waals surface area contributed by atoms with Crippen LogP contribution >= 0.6 is 0 Å². The Kier molecular flexibility index (Phi) is 1.53. The van der Waals surface area contributed by atoms with E-state index in [1.807, 2.05) is 0 Å². The Labute approximate surface area is 59.8 Å². The third-order valence-corrected chi connectivity index (χ3v) is 1.74. The summed E-state index contributed by atoms with van der Waals surface area (Å²) < 4.78 is 0. The number of nitrogens with one attached hydrogen (secondary N) is 1. The lowest BCUT2D eigenvalue weighted by molar-refractivity contribution is -0.111. The van der Waals surface area contributed by atoms with Crippen molar-refractivity contribution >= 4 is 11.5 Å². The Morgan fingerprint density at radius 2 is 1.80 bits per heavy atom. The Balaban J connectivity index is 3.12. The van der Waals surface area contributed by atoms with Crippen molar-refractivity contribution in [2.24, 2.45) is 0 Å². The van der Waals surface area contributed by atoms with Crippen LogP contribution in [-0.2, 0) is 4.79 Å². The molecule has 0 heterocycles. The van der Waals surface area contributed by atoms with E-state index in [-0.39, 0.29) is 5.78 Å². The molecule has 0 aromatic heterocycles. The van der Waals surface area contributed by atoms with Crippen molar-refractivity contribution < 1.29 is 4.79 Å². The molecule has 1 aliphatic rings. The summed E-state index contributed by atoms with van der Waals surface area (Å²) in [6.07, 6.45) is 2.97. The van der Waals surface area contributed by atoms with Crippen LogP contribution in [-0.4, -0.2) is 11.5 Å². The first-order chi connectivity index (χ1) is 4.63. The average molecular weight is 135 g/mol. The highest BCUT2D eigenvalue weighted by molar-refractivity contribution is 6.20. The van der Waals surface area contributed by atoms with Crippen LogP contribution in [0.5, 0.6) is 0 Å². The summed E-state index contributed by atoms with van der Waals surface area (Å²) in [5, 5.41) is 7.32. The molecule has 0 aromatic carbocycles. The third-order valence-electron chi connectivity index (χ3n) is 1.74. The van der Waals surface area contributed by atoms with Gasteiger partial charge in [-0.2, -0.15) is 0 Å². The summed E-state index contributed by atoms with van der Waals surface area (Å²) in [5.41, 5.74) is 1.91. The van der Waals surface area contributed by atoms with Gasteiger partial charge < -0.3 is 5.41 Å². The second-order valence-corrected chi connectivity index (χ2v) is 2.36. The van der Waals surface area contributed by atoms with Crippen molar-refractivity contribution in [2.75, 3.05) is 0 Å². The molecule has 10 heavy (non-hydrogen) atoms. The van der Waals surface area contributed by atoms with Crippen LogP contribution in [0.1, 0.15) is 13.8 Å². The predicted octanol–water partition coefficient (Wildman–Crippen LogP) is 1.48. The van der Waals surface area contributed by atoms with E-state index >= 15 is 0 Å². The quantitative estimate of drug-likeness (QED) is 0.502. The summed E-state index contributed by atoms with van der Waals surface area (Å²) in [4.78, 5) is 10.9. The standard InChI is InChI=1S/C8H9NO/c1-5-6(2)8(10)4-3-7(5)9/h3-4,9H,1-2H3. The number of carbonyl (C=O) groups is 1. The molecule has 0 spiro atoms. The summed E-state index contributed by atoms with van der Waals surface area (Å²) in [6, 6.07) is 0. The molecule has 0 fully saturated rings. The lowest BCUT2D eigenvalue weighted by Gasteiger charge is -2.07. The van der Waals surface area contributed by atoms with E-state index in [0.29, 0.717) is 11.3 Å². The van der Waals surface area contributed by atoms with E-state index in [1.165, 1.54) is 12.2 Å². The van der Waals surface area contributed by atoms with Crippen molar-refractivity contribution in [3.63, 3.8) is 0 Å². The maximum Gasteiger partial charge on any atom is 0.181 e. The maximum absolute atomic E-state index is 10.9. The Morgan fingerprint density at radius 1 is 1.20 bits per heavy atom. The van der Waals surface area contributed by atoms with Crippen molar-refractivity contribution in [3.05, 3.63) is 23.3 Å². The largest absolute Gasteiger partial charge is 0.301 e. The van der Waals surface area contributed by atoms with Gasteiger partial charge in [-0.3, -0.25) is 4.79 Å². The van der Waals surface area contributed by atoms with Crippen LogP contribution in [0.3, 0.4) is 0 Å². The molecule has 0 saturated carbocycles. The van der Waals surface area contributed by atoms with E-state index in [2.05, 4.69) is 0 Å². The fourth-order valence-corrected chi connectivity index (χ4v) is 0.796. The van der Waals surface area contributed by atoms with E-state index in [4.69, 9.17) is 5.41 Å². The van der Waals surface area contributed by atoms with Crippen molar-refractivity contribution in [1.29, 1.82) is 5.41 Å². The van der Waals surface area contributed by atoms with Crippen LogP contribution in [0.4, 0.5) is 0 Å². The molecule has 2 nitrogen and oxygen atoms in total. The zero-order valence-electron chi connectivity index (χ0n) is 6.06. The Bertz CT molecular complexity index is 232. The summed E-state index contributed by atoms with van der Waals surface area (Å²) in [5.74, 6) is 0.0218. The molecule has 1 N–H and O–H groups in total. The van der Waals surface area contributed by atoms with Gasteiger partial charge in [0.25, 0.3) is 0 Å². The second-order valence-electron chi connectivity index (χ2n) is 2.36. The number of allylic oxidation sites excluding steroid dienone is 4. The average Bonchev–Trinajstić information content (AvgIpc) is 1.93. The summed E-state index contributed by atoms with van der Waals surface area (Å²) >= 11 is 0. The van der Waals surface area contributed by atoms with E-state index in [0.717, 1.165) is 5.57 Å². The Hall–Kier alpha value is -1.18. The number of carbonyl (C=O) groups excluding carboxylic acids is 1. The summed E-state index contributed by atoms with van der Waals surface area (Å²) in [7, 11) is 0. The predicted molar refractivity (Wildman–Crippen MR) is 40.2 cm³/mol. The van der Waals surface area contributed by atoms with E-state index < -0.39 is 0 Å². The van der Waals surface area contributed by atoms with Crippen LogP contribution < -0.4 is 0 Å². The van der Waals surface area contributed by atoms with Gasteiger partial charge in [0.2, 0.25) is 0 Å². The van der Waals surface area contributed by atoms with Gasteiger partial charge in [0, 0.05) is 5.57 Å². The van der Waals surface area contributed by atoms with Crippen LogP contribution in [0, 0.1) is 5.41 Å². The highest BCUT2D eigenvalue weighted by Gasteiger charge is 2.11. The molecule has 2 heteroatoms. The molecule has 0 atom stereocenters. The van der Waals surface area contributed by atoms with Crippen molar-refractivity contribution in [3.8, 4) is 0 Å².